The highest BCUT2D eigenvalue weighted by molar-refractivity contribution is 9.09. The predicted octanol–water partition coefficient (Wildman–Crippen LogP) is 4.48. The number of alkyl halides is 1. The molecule has 0 spiro atoms. The van der Waals surface area contributed by atoms with Gasteiger partial charge in [-0.05, 0) is 48.7 Å². The van der Waals surface area contributed by atoms with E-state index < -0.39 is 5.97 Å². The first kappa shape index (κ1) is 20.9. The maximum Gasteiger partial charge on any atom is 0.335 e. The van der Waals surface area contributed by atoms with Crippen molar-refractivity contribution in [2.45, 2.75) is 31.8 Å². The second kappa shape index (κ2) is 8.40. The van der Waals surface area contributed by atoms with Gasteiger partial charge in [-0.15, -0.1) is 0 Å². The molecule has 1 fully saturated rings. The number of halogens is 2. The van der Waals surface area contributed by atoms with Crippen LogP contribution in [0.4, 0.5) is 11.4 Å². The van der Waals surface area contributed by atoms with Gasteiger partial charge >= 0.3 is 5.97 Å². The van der Waals surface area contributed by atoms with Crippen LogP contribution in [0.5, 0.6) is 0 Å². The molecule has 1 aliphatic carbocycles. The lowest BCUT2D eigenvalue weighted by atomic mass is 10.0. The van der Waals surface area contributed by atoms with Crippen LogP contribution in [-0.4, -0.2) is 34.3 Å². The molecule has 2 aromatic carbocycles. The van der Waals surface area contributed by atoms with E-state index in [4.69, 9.17) is 16.7 Å². The number of amides is 2. The maximum atomic E-state index is 13.6. The fourth-order valence-electron chi connectivity index (χ4n) is 4.43. The number of carboxylic acid groups (broad SMARTS) is 1. The van der Waals surface area contributed by atoms with Crippen LogP contribution in [0.1, 0.15) is 35.2 Å². The lowest BCUT2D eigenvalue weighted by Gasteiger charge is -2.30. The van der Waals surface area contributed by atoms with Gasteiger partial charge in [-0.1, -0.05) is 46.1 Å². The van der Waals surface area contributed by atoms with E-state index >= 15 is 0 Å². The van der Waals surface area contributed by atoms with Gasteiger partial charge in [0.1, 0.15) is 0 Å². The molecule has 0 aromatic heterocycles. The second-order valence-electron chi connectivity index (χ2n) is 7.56. The van der Waals surface area contributed by atoms with Gasteiger partial charge in [0, 0.05) is 11.1 Å². The van der Waals surface area contributed by atoms with Crippen molar-refractivity contribution in [3.8, 4) is 0 Å². The summed E-state index contributed by atoms with van der Waals surface area (Å²) in [6.07, 6.45) is 2.39. The third-order valence-electron chi connectivity index (χ3n) is 5.81. The molecule has 1 aliphatic heterocycles. The van der Waals surface area contributed by atoms with Crippen LogP contribution in [-0.2, 0) is 16.1 Å². The van der Waals surface area contributed by atoms with Crippen LogP contribution in [0, 0.1) is 5.92 Å². The zero-order valence-corrected chi connectivity index (χ0v) is 18.4. The van der Waals surface area contributed by atoms with Crippen LogP contribution < -0.4 is 9.80 Å². The molecule has 4 rings (SSSR count). The van der Waals surface area contributed by atoms with Crippen molar-refractivity contribution in [1.82, 2.24) is 0 Å². The highest BCUT2D eigenvalue weighted by Gasteiger charge is 2.45. The van der Waals surface area contributed by atoms with Gasteiger partial charge < -0.3 is 14.9 Å². The zero-order chi connectivity index (χ0) is 21.4. The van der Waals surface area contributed by atoms with E-state index in [9.17, 15) is 14.4 Å². The summed E-state index contributed by atoms with van der Waals surface area (Å²) in [7, 11) is 0. The Labute approximate surface area is 187 Å². The lowest BCUT2D eigenvalue weighted by molar-refractivity contribution is -0.122. The van der Waals surface area contributed by atoms with Crippen molar-refractivity contribution in [2.24, 2.45) is 5.92 Å². The minimum atomic E-state index is -0.998. The summed E-state index contributed by atoms with van der Waals surface area (Å²) in [5, 5.41) is 9.77. The highest BCUT2D eigenvalue weighted by atomic mass is 79.9. The number of carbonyl (C=O) groups is 3. The number of rotatable bonds is 4. The Bertz CT molecular complexity index is 1010. The van der Waals surface area contributed by atoms with E-state index in [2.05, 4.69) is 15.9 Å². The number of carbonyl (C=O) groups excluding carboxylic acids is 2. The van der Waals surface area contributed by atoms with Gasteiger partial charge in [0.2, 0.25) is 11.8 Å². The molecule has 2 amide bonds. The molecule has 2 atom stereocenters. The van der Waals surface area contributed by atoms with Crippen LogP contribution in [0.15, 0.2) is 42.5 Å². The van der Waals surface area contributed by atoms with Crippen molar-refractivity contribution in [3.05, 3.63) is 58.6 Å². The number of carboxylic acids is 1. The summed E-state index contributed by atoms with van der Waals surface area (Å²) in [6.45, 7) is 0.269. The summed E-state index contributed by atoms with van der Waals surface area (Å²) in [6, 6.07) is 11.5. The molecule has 1 N–H and O–H groups in total. The summed E-state index contributed by atoms with van der Waals surface area (Å²) < 4.78 is 0. The molecule has 8 heteroatoms. The van der Waals surface area contributed by atoms with Crippen LogP contribution in [0.2, 0.25) is 5.02 Å². The van der Waals surface area contributed by atoms with E-state index in [1.54, 1.807) is 40.1 Å². The van der Waals surface area contributed by atoms with Gasteiger partial charge in [0.15, 0.2) is 0 Å². The molecule has 1 heterocycles. The summed E-state index contributed by atoms with van der Waals surface area (Å²) in [5.74, 6) is -1.40. The number of benzene rings is 2. The number of hydrogen-bond donors (Lipinski definition) is 1. The second-order valence-corrected chi connectivity index (χ2v) is 8.56. The molecule has 1 saturated carbocycles. The number of fused-ring (bicyclic) bond motifs is 2. The summed E-state index contributed by atoms with van der Waals surface area (Å²) >= 11 is 9.55. The molecule has 156 valence electrons. The highest BCUT2D eigenvalue weighted by Crippen LogP contribution is 2.44. The Morgan fingerprint density at radius 2 is 1.83 bits per heavy atom. The average molecular weight is 492 g/mol. The molecule has 0 saturated heterocycles. The molecule has 2 aromatic rings. The standard InChI is InChI=1S/C22H20BrClN2O4/c23-11-20(27)26-17-3-1-2-16(17)21(28)25(19-10-15(24)8-9-18(19)26)12-13-4-6-14(7-5-13)22(29)30/h4-10,16-17H,1-3,11-12H2,(H,29,30)/t16-,17+/m0/s1. The number of anilines is 2. The largest absolute Gasteiger partial charge is 0.478 e. The fourth-order valence-corrected chi connectivity index (χ4v) is 4.87. The van der Waals surface area contributed by atoms with E-state index in [0.29, 0.717) is 16.4 Å². The van der Waals surface area contributed by atoms with Gasteiger partial charge in [0.05, 0.1) is 34.7 Å². The number of aromatic carboxylic acids is 1. The monoisotopic (exact) mass is 490 g/mol. The van der Waals surface area contributed by atoms with E-state index in [1.807, 2.05) is 0 Å². The van der Waals surface area contributed by atoms with E-state index in [-0.39, 0.29) is 41.2 Å². The summed E-state index contributed by atoms with van der Waals surface area (Å²) in [4.78, 5) is 41.0. The number of hydrogen-bond acceptors (Lipinski definition) is 3. The van der Waals surface area contributed by atoms with Crippen molar-refractivity contribution < 1.29 is 19.5 Å². The van der Waals surface area contributed by atoms with Gasteiger partial charge in [-0.3, -0.25) is 9.59 Å². The molecule has 0 unspecified atom stereocenters. The first-order chi connectivity index (χ1) is 14.4. The van der Waals surface area contributed by atoms with Crippen molar-refractivity contribution in [3.63, 3.8) is 0 Å². The van der Waals surface area contributed by atoms with Crippen molar-refractivity contribution in [2.75, 3.05) is 15.1 Å². The zero-order valence-electron chi connectivity index (χ0n) is 16.1. The predicted molar refractivity (Wildman–Crippen MR) is 118 cm³/mol. The van der Waals surface area contributed by atoms with Gasteiger partial charge in [-0.2, -0.15) is 0 Å². The van der Waals surface area contributed by atoms with E-state index in [1.165, 1.54) is 12.1 Å². The lowest BCUT2D eigenvalue weighted by Crippen LogP contribution is -2.45. The molecule has 0 bridgehead atoms. The molecular weight excluding hydrogens is 472 g/mol. The maximum absolute atomic E-state index is 13.6. The Balaban J connectivity index is 1.80. The van der Waals surface area contributed by atoms with Crippen LogP contribution in [0.25, 0.3) is 0 Å². The first-order valence-electron chi connectivity index (χ1n) is 9.72. The fraction of sp³-hybridized carbons (Fsp3) is 0.318. The Kier molecular flexibility index (Phi) is 5.84. The molecule has 2 aliphatic rings. The quantitative estimate of drug-likeness (QED) is 0.640. The number of nitrogens with zero attached hydrogens (tertiary/aromatic N) is 2. The van der Waals surface area contributed by atoms with Crippen LogP contribution in [0.3, 0.4) is 0 Å². The van der Waals surface area contributed by atoms with Crippen molar-refractivity contribution >= 4 is 56.7 Å². The average Bonchev–Trinajstić information content (AvgIpc) is 3.19. The SMILES string of the molecule is O=C(O)c1ccc(CN2C(=O)[C@H]3CCC[C@H]3N(C(=O)CBr)c3ccc(Cl)cc32)cc1. The molecule has 0 radical (unpaired) electrons. The Hall–Kier alpha value is -2.38. The summed E-state index contributed by atoms with van der Waals surface area (Å²) in [5.41, 5.74) is 2.26. The Morgan fingerprint density at radius 3 is 2.50 bits per heavy atom. The van der Waals surface area contributed by atoms with Crippen molar-refractivity contribution in [1.29, 1.82) is 0 Å². The normalized spacial score (nSPS) is 20.5. The third kappa shape index (κ3) is 3.72. The molecule has 6 nitrogen and oxygen atoms in total. The first-order valence-corrected chi connectivity index (χ1v) is 11.2. The smallest absolute Gasteiger partial charge is 0.335 e. The topological polar surface area (TPSA) is 77.9 Å². The minimum Gasteiger partial charge on any atom is -0.478 e. The molecular formula is C22H20BrClN2O4. The third-order valence-corrected chi connectivity index (χ3v) is 6.52. The van der Waals surface area contributed by atoms with Gasteiger partial charge in [-0.25, -0.2) is 4.79 Å². The minimum absolute atomic E-state index is 0.0341. The van der Waals surface area contributed by atoms with E-state index in [0.717, 1.165) is 24.8 Å². The van der Waals surface area contributed by atoms with Crippen LogP contribution >= 0.6 is 27.5 Å². The van der Waals surface area contributed by atoms with Gasteiger partial charge in [0.25, 0.3) is 0 Å². The molecule has 30 heavy (non-hydrogen) atoms. The Morgan fingerprint density at radius 1 is 1.10 bits per heavy atom.